The van der Waals surface area contributed by atoms with E-state index in [9.17, 15) is 0 Å². The molecule has 4 rings (SSSR count). The van der Waals surface area contributed by atoms with E-state index in [1.165, 1.54) is 5.56 Å². The third kappa shape index (κ3) is 4.50. The molecule has 1 saturated carbocycles. The largest absolute Gasteiger partial charge is 0.371 e. The molecule has 1 aromatic heterocycles. The molecule has 1 aliphatic carbocycles. The number of ether oxygens (including phenoxy) is 1. The van der Waals surface area contributed by atoms with Gasteiger partial charge in [0, 0.05) is 11.8 Å². The van der Waals surface area contributed by atoms with Crippen LogP contribution in [0.1, 0.15) is 36.1 Å². The van der Waals surface area contributed by atoms with E-state index >= 15 is 0 Å². The fourth-order valence-electron chi connectivity index (χ4n) is 3.58. The van der Waals surface area contributed by atoms with Crippen molar-refractivity contribution in [2.45, 2.75) is 38.0 Å². The van der Waals surface area contributed by atoms with Crippen LogP contribution >= 0.6 is 0 Å². The van der Waals surface area contributed by atoms with Gasteiger partial charge >= 0.3 is 0 Å². The fourth-order valence-corrected chi connectivity index (χ4v) is 3.58. The van der Waals surface area contributed by atoms with Crippen molar-refractivity contribution in [2.75, 3.05) is 0 Å². The van der Waals surface area contributed by atoms with Crippen molar-refractivity contribution < 1.29 is 4.74 Å². The first-order valence-electron chi connectivity index (χ1n) is 9.60. The average molecular weight is 356 g/mol. The van der Waals surface area contributed by atoms with E-state index in [1.54, 1.807) is 0 Å². The summed E-state index contributed by atoms with van der Waals surface area (Å²) < 4.78 is 6.25. The van der Waals surface area contributed by atoms with E-state index in [0.29, 0.717) is 6.61 Å². The van der Waals surface area contributed by atoms with Crippen LogP contribution < -0.4 is 0 Å². The third-order valence-corrected chi connectivity index (χ3v) is 4.97. The monoisotopic (exact) mass is 356 g/mol. The molecule has 27 heavy (non-hydrogen) atoms. The summed E-state index contributed by atoms with van der Waals surface area (Å²) in [4.78, 5) is 9.68. The van der Waals surface area contributed by atoms with Gasteiger partial charge < -0.3 is 4.74 Å². The van der Waals surface area contributed by atoms with Gasteiger partial charge in [0.25, 0.3) is 0 Å². The van der Waals surface area contributed by atoms with E-state index in [-0.39, 0.29) is 12.1 Å². The lowest BCUT2D eigenvalue weighted by Crippen LogP contribution is -2.23. The second kappa shape index (κ2) is 8.74. The Morgan fingerprint density at radius 1 is 0.889 bits per heavy atom. The van der Waals surface area contributed by atoms with Crippen LogP contribution in [0.4, 0.5) is 0 Å². The second-order valence-corrected chi connectivity index (χ2v) is 6.89. The molecule has 1 fully saturated rings. The van der Waals surface area contributed by atoms with Crippen molar-refractivity contribution in [1.82, 2.24) is 4.98 Å². The zero-order valence-electron chi connectivity index (χ0n) is 15.4. The van der Waals surface area contributed by atoms with Crippen LogP contribution in [0.25, 0.3) is 0 Å². The molecule has 3 heteroatoms. The molecule has 0 aliphatic heterocycles. The van der Waals surface area contributed by atoms with Crippen molar-refractivity contribution >= 4 is 5.71 Å². The van der Waals surface area contributed by atoms with Crippen LogP contribution in [-0.2, 0) is 11.3 Å². The highest BCUT2D eigenvalue weighted by atomic mass is 16.5. The molecule has 0 unspecified atom stereocenters. The van der Waals surface area contributed by atoms with Crippen molar-refractivity contribution in [1.29, 1.82) is 0 Å². The molecule has 0 saturated heterocycles. The molecule has 3 aromatic rings. The Labute approximate surface area is 160 Å². The zero-order valence-corrected chi connectivity index (χ0v) is 15.4. The van der Waals surface area contributed by atoms with Crippen molar-refractivity contribution in [3.63, 3.8) is 0 Å². The Kier molecular flexibility index (Phi) is 5.70. The predicted molar refractivity (Wildman–Crippen MR) is 109 cm³/mol. The van der Waals surface area contributed by atoms with Gasteiger partial charge in [-0.25, -0.2) is 0 Å². The Morgan fingerprint density at radius 3 is 2.37 bits per heavy atom. The number of rotatable bonds is 6. The molecular weight excluding hydrogens is 332 g/mol. The molecule has 0 radical (unpaired) electrons. The van der Waals surface area contributed by atoms with Gasteiger partial charge in [0.15, 0.2) is 0 Å². The summed E-state index contributed by atoms with van der Waals surface area (Å²) >= 11 is 0. The summed E-state index contributed by atoms with van der Waals surface area (Å²) in [5.74, 6) is 0. The second-order valence-electron chi connectivity index (χ2n) is 6.89. The fraction of sp³-hybridized carbons (Fsp3) is 0.250. The highest BCUT2D eigenvalue weighted by molar-refractivity contribution is 6.11. The van der Waals surface area contributed by atoms with Gasteiger partial charge in [-0.3, -0.25) is 9.98 Å². The molecular formula is C24H24N2O. The van der Waals surface area contributed by atoms with Crippen LogP contribution in [0.5, 0.6) is 0 Å². The van der Waals surface area contributed by atoms with Crippen LogP contribution in [-0.4, -0.2) is 22.8 Å². The number of benzene rings is 2. The molecule has 2 atom stereocenters. The summed E-state index contributed by atoms with van der Waals surface area (Å²) in [6.45, 7) is 0.641. The topological polar surface area (TPSA) is 34.5 Å². The molecule has 136 valence electrons. The number of pyridine rings is 1. The standard InChI is InChI=1S/C24H24N2O/c1-3-10-19(11-4-1)18-27-23-16-9-15-21(23)26-24(20-12-5-2-6-13-20)22-14-7-8-17-25-22/h1-8,10-14,17,21,23H,9,15-16,18H2/t21-,23-/m0/s1. The first kappa shape index (κ1) is 17.6. The van der Waals surface area contributed by atoms with Gasteiger partial charge in [0.1, 0.15) is 0 Å². The highest BCUT2D eigenvalue weighted by Gasteiger charge is 2.28. The van der Waals surface area contributed by atoms with Crippen LogP contribution in [0.3, 0.4) is 0 Å². The summed E-state index contributed by atoms with van der Waals surface area (Å²) in [6, 6.07) is 26.8. The SMILES string of the molecule is c1ccc(CO[C@H]2CCC[C@@H]2N=C(c2ccccc2)c2ccccn2)cc1. The number of nitrogens with zero attached hydrogens (tertiary/aromatic N) is 2. The van der Waals surface area contributed by atoms with Gasteiger partial charge in [0.05, 0.1) is 30.2 Å². The molecule has 3 nitrogen and oxygen atoms in total. The first-order chi connectivity index (χ1) is 13.4. The number of aromatic nitrogens is 1. The average Bonchev–Trinajstić information content (AvgIpc) is 3.19. The summed E-state index contributed by atoms with van der Waals surface area (Å²) in [5, 5.41) is 0. The van der Waals surface area contributed by atoms with Gasteiger partial charge in [0.2, 0.25) is 0 Å². The van der Waals surface area contributed by atoms with Crippen LogP contribution in [0, 0.1) is 0 Å². The minimum atomic E-state index is 0.160. The maximum atomic E-state index is 6.25. The maximum Gasteiger partial charge on any atom is 0.0907 e. The van der Waals surface area contributed by atoms with E-state index in [1.807, 2.05) is 48.7 Å². The lowest BCUT2D eigenvalue weighted by atomic mass is 10.1. The Morgan fingerprint density at radius 2 is 1.63 bits per heavy atom. The predicted octanol–water partition coefficient (Wildman–Crippen LogP) is 5.06. The normalized spacial score (nSPS) is 19.9. The van der Waals surface area contributed by atoms with Gasteiger partial charge in [-0.15, -0.1) is 0 Å². The first-order valence-corrected chi connectivity index (χ1v) is 9.60. The Bertz CT molecular complexity index is 821. The van der Waals surface area contributed by atoms with Crippen molar-refractivity contribution in [3.8, 4) is 0 Å². The number of hydrogen-bond acceptors (Lipinski definition) is 3. The van der Waals surface area contributed by atoms with Crippen LogP contribution in [0.15, 0.2) is 90.1 Å². The summed E-state index contributed by atoms with van der Waals surface area (Å²) in [7, 11) is 0. The number of aliphatic imine (C=N–C) groups is 1. The lowest BCUT2D eigenvalue weighted by Gasteiger charge is -2.19. The molecule has 1 aliphatic rings. The zero-order chi connectivity index (χ0) is 18.3. The molecule has 0 N–H and O–H groups in total. The lowest BCUT2D eigenvalue weighted by molar-refractivity contribution is 0.0362. The highest BCUT2D eigenvalue weighted by Crippen LogP contribution is 2.27. The molecule has 0 bridgehead atoms. The van der Waals surface area contributed by atoms with Gasteiger partial charge in [-0.05, 0) is 37.0 Å². The van der Waals surface area contributed by atoms with Gasteiger partial charge in [-0.1, -0.05) is 66.7 Å². The van der Waals surface area contributed by atoms with Gasteiger partial charge in [-0.2, -0.15) is 0 Å². The minimum absolute atomic E-state index is 0.160. The Balaban J connectivity index is 1.57. The molecule has 0 amide bonds. The summed E-state index contributed by atoms with van der Waals surface area (Å²) in [6.07, 6.45) is 5.25. The van der Waals surface area contributed by atoms with Crippen molar-refractivity contribution in [2.24, 2.45) is 4.99 Å². The molecule has 2 aromatic carbocycles. The molecule has 1 heterocycles. The minimum Gasteiger partial charge on any atom is -0.371 e. The van der Waals surface area contributed by atoms with E-state index in [4.69, 9.17) is 9.73 Å². The Hall–Kier alpha value is -2.78. The van der Waals surface area contributed by atoms with Crippen LogP contribution in [0.2, 0.25) is 0 Å². The van der Waals surface area contributed by atoms with E-state index in [0.717, 1.165) is 36.2 Å². The maximum absolute atomic E-state index is 6.25. The summed E-state index contributed by atoms with van der Waals surface area (Å²) in [5.41, 5.74) is 4.18. The van der Waals surface area contributed by atoms with Crippen molar-refractivity contribution in [3.05, 3.63) is 102 Å². The smallest absolute Gasteiger partial charge is 0.0907 e. The molecule has 0 spiro atoms. The quantitative estimate of drug-likeness (QED) is 0.579. The number of hydrogen-bond donors (Lipinski definition) is 0. The van der Waals surface area contributed by atoms with E-state index < -0.39 is 0 Å². The van der Waals surface area contributed by atoms with E-state index in [2.05, 4.69) is 41.4 Å². The third-order valence-electron chi connectivity index (χ3n) is 4.97.